The summed E-state index contributed by atoms with van der Waals surface area (Å²) in [6.45, 7) is 7.46. The van der Waals surface area contributed by atoms with Crippen molar-refractivity contribution in [3.63, 3.8) is 0 Å². The van der Waals surface area contributed by atoms with Gasteiger partial charge in [-0.25, -0.2) is 0 Å². The molecule has 4 nitrogen and oxygen atoms in total. The van der Waals surface area contributed by atoms with Crippen molar-refractivity contribution in [1.29, 1.82) is 0 Å². The second kappa shape index (κ2) is 5.70. The molecule has 0 aromatic carbocycles. The number of amides is 1. The molecule has 0 bridgehead atoms. The van der Waals surface area contributed by atoms with E-state index >= 15 is 0 Å². The maximum Gasteiger partial charge on any atom is 0.255 e. The first-order valence-corrected chi connectivity index (χ1v) is 6.98. The van der Waals surface area contributed by atoms with E-state index in [1.165, 1.54) is 0 Å². The fourth-order valence-corrected chi connectivity index (χ4v) is 2.71. The van der Waals surface area contributed by atoms with Gasteiger partial charge < -0.3 is 10.6 Å². The second-order valence-corrected chi connectivity index (χ2v) is 5.60. The molecule has 4 heteroatoms. The Hall–Kier alpha value is -1.42. The van der Waals surface area contributed by atoms with Crippen LogP contribution in [0.25, 0.3) is 0 Å². The largest absolute Gasteiger partial charge is 0.338 e. The third-order valence-electron chi connectivity index (χ3n) is 3.94. The minimum atomic E-state index is 0.0929. The van der Waals surface area contributed by atoms with Crippen molar-refractivity contribution < 1.29 is 4.79 Å². The lowest BCUT2D eigenvalue weighted by molar-refractivity contribution is 0.0659. The number of nitrogens with zero attached hydrogens (tertiary/aromatic N) is 2. The van der Waals surface area contributed by atoms with E-state index in [4.69, 9.17) is 5.73 Å². The summed E-state index contributed by atoms with van der Waals surface area (Å²) in [6, 6.07) is 3.93. The van der Waals surface area contributed by atoms with Gasteiger partial charge >= 0.3 is 0 Å². The van der Waals surface area contributed by atoms with Gasteiger partial charge in [0.05, 0.1) is 11.3 Å². The highest BCUT2D eigenvalue weighted by Crippen LogP contribution is 2.21. The van der Waals surface area contributed by atoms with E-state index in [1.807, 2.05) is 37.8 Å². The van der Waals surface area contributed by atoms with E-state index in [0.717, 1.165) is 42.9 Å². The van der Waals surface area contributed by atoms with Crippen LogP contribution in [0, 0.1) is 19.8 Å². The van der Waals surface area contributed by atoms with E-state index in [2.05, 4.69) is 4.98 Å². The highest BCUT2D eigenvalue weighted by molar-refractivity contribution is 5.95. The molecule has 2 heterocycles. The minimum absolute atomic E-state index is 0.0929. The Kier molecular flexibility index (Phi) is 4.20. The summed E-state index contributed by atoms with van der Waals surface area (Å²) in [6.07, 6.45) is 2.16. The van der Waals surface area contributed by atoms with Crippen LogP contribution in [0.3, 0.4) is 0 Å². The van der Waals surface area contributed by atoms with Crippen molar-refractivity contribution in [1.82, 2.24) is 9.88 Å². The van der Waals surface area contributed by atoms with Crippen molar-refractivity contribution in [2.24, 2.45) is 11.7 Å². The molecule has 1 aliphatic heterocycles. The molecule has 0 spiro atoms. The van der Waals surface area contributed by atoms with Crippen LogP contribution in [0.4, 0.5) is 0 Å². The van der Waals surface area contributed by atoms with E-state index in [-0.39, 0.29) is 11.9 Å². The summed E-state index contributed by atoms with van der Waals surface area (Å²) in [5.41, 5.74) is 8.44. The first-order valence-electron chi connectivity index (χ1n) is 6.98. The molecule has 0 radical (unpaired) electrons. The topological polar surface area (TPSA) is 59.2 Å². The molecule has 0 unspecified atom stereocenters. The lowest BCUT2D eigenvalue weighted by Gasteiger charge is -2.34. The average Bonchev–Trinajstić information content (AvgIpc) is 2.38. The van der Waals surface area contributed by atoms with Crippen LogP contribution in [-0.2, 0) is 0 Å². The normalized spacial score (nSPS) is 21.3. The van der Waals surface area contributed by atoms with Crippen LogP contribution in [0.2, 0.25) is 0 Å². The molecule has 1 saturated heterocycles. The van der Waals surface area contributed by atoms with Crippen molar-refractivity contribution in [3.8, 4) is 0 Å². The Morgan fingerprint density at radius 1 is 1.47 bits per heavy atom. The minimum Gasteiger partial charge on any atom is -0.338 e. The molecule has 1 aromatic rings. The van der Waals surface area contributed by atoms with Crippen LogP contribution in [0.5, 0.6) is 0 Å². The maximum absolute atomic E-state index is 12.5. The van der Waals surface area contributed by atoms with Gasteiger partial charge in [-0.3, -0.25) is 9.78 Å². The Morgan fingerprint density at radius 3 is 2.84 bits per heavy atom. The van der Waals surface area contributed by atoms with Crippen molar-refractivity contribution in [2.75, 3.05) is 13.1 Å². The highest BCUT2D eigenvalue weighted by atomic mass is 16.2. The molecular weight excluding hydrogens is 238 g/mol. The molecule has 1 amide bonds. The van der Waals surface area contributed by atoms with Gasteiger partial charge in [-0.2, -0.15) is 0 Å². The number of hydrogen-bond acceptors (Lipinski definition) is 3. The summed E-state index contributed by atoms with van der Waals surface area (Å²) in [7, 11) is 0. The number of rotatable bonds is 2. The van der Waals surface area contributed by atoms with E-state index in [1.54, 1.807) is 0 Å². The van der Waals surface area contributed by atoms with Crippen LogP contribution < -0.4 is 5.73 Å². The van der Waals surface area contributed by atoms with Gasteiger partial charge in [-0.15, -0.1) is 0 Å². The van der Waals surface area contributed by atoms with Gasteiger partial charge in [0.1, 0.15) is 0 Å². The van der Waals surface area contributed by atoms with Gasteiger partial charge in [0.25, 0.3) is 5.91 Å². The van der Waals surface area contributed by atoms with Crippen molar-refractivity contribution in [3.05, 3.63) is 29.1 Å². The number of hydrogen-bond donors (Lipinski definition) is 1. The van der Waals surface area contributed by atoms with Crippen LogP contribution >= 0.6 is 0 Å². The van der Waals surface area contributed by atoms with Gasteiger partial charge in [-0.1, -0.05) is 0 Å². The van der Waals surface area contributed by atoms with E-state index in [0.29, 0.717) is 5.92 Å². The molecule has 19 heavy (non-hydrogen) atoms. The first kappa shape index (κ1) is 14.0. The Bertz CT molecular complexity index is 470. The highest BCUT2D eigenvalue weighted by Gasteiger charge is 2.27. The van der Waals surface area contributed by atoms with Gasteiger partial charge in [0, 0.05) is 24.8 Å². The Morgan fingerprint density at radius 2 is 2.21 bits per heavy atom. The lowest BCUT2D eigenvalue weighted by Crippen LogP contribution is -2.45. The lowest BCUT2D eigenvalue weighted by atomic mass is 9.92. The van der Waals surface area contributed by atoms with Gasteiger partial charge in [0.2, 0.25) is 0 Å². The summed E-state index contributed by atoms with van der Waals surface area (Å²) in [4.78, 5) is 18.8. The molecule has 1 fully saturated rings. The van der Waals surface area contributed by atoms with Crippen LogP contribution in [0.15, 0.2) is 12.1 Å². The summed E-state index contributed by atoms with van der Waals surface area (Å²) in [5.74, 6) is 0.506. The average molecular weight is 261 g/mol. The first-order chi connectivity index (χ1) is 8.99. The molecule has 0 saturated carbocycles. The van der Waals surface area contributed by atoms with E-state index in [9.17, 15) is 4.79 Å². The molecule has 1 aromatic heterocycles. The predicted molar refractivity (Wildman–Crippen MR) is 76.0 cm³/mol. The number of carbonyl (C=O) groups excluding carboxylic acids is 1. The van der Waals surface area contributed by atoms with Crippen molar-refractivity contribution in [2.45, 2.75) is 39.7 Å². The summed E-state index contributed by atoms with van der Waals surface area (Å²) >= 11 is 0. The zero-order valence-electron chi connectivity index (χ0n) is 12.0. The fraction of sp³-hybridized carbons (Fsp3) is 0.600. The van der Waals surface area contributed by atoms with Gasteiger partial charge in [0.15, 0.2) is 0 Å². The Labute approximate surface area is 115 Å². The molecule has 2 rings (SSSR count). The monoisotopic (exact) mass is 261 g/mol. The number of carbonyl (C=O) groups is 1. The third kappa shape index (κ3) is 3.13. The quantitative estimate of drug-likeness (QED) is 0.884. The molecule has 0 aliphatic carbocycles. The number of nitrogens with two attached hydrogens (primary N) is 1. The van der Waals surface area contributed by atoms with Gasteiger partial charge in [-0.05, 0) is 51.7 Å². The van der Waals surface area contributed by atoms with Crippen LogP contribution in [-0.4, -0.2) is 34.9 Å². The molecule has 2 atom stereocenters. The smallest absolute Gasteiger partial charge is 0.255 e. The number of aromatic nitrogens is 1. The number of piperidine rings is 1. The number of pyridine rings is 1. The van der Waals surface area contributed by atoms with Crippen molar-refractivity contribution >= 4 is 5.91 Å². The van der Waals surface area contributed by atoms with Crippen LogP contribution in [0.1, 0.15) is 41.5 Å². The number of aryl methyl sites for hydroxylation is 2. The molecule has 2 N–H and O–H groups in total. The summed E-state index contributed by atoms with van der Waals surface area (Å²) in [5, 5.41) is 0. The predicted octanol–water partition coefficient (Wildman–Crippen LogP) is 1.90. The number of likely N-dealkylation sites (tertiary alicyclic amines) is 1. The van der Waals surface area contributed by atoms with E-state index < -0.39 is 0 Å². The SMILES string of the molecule is Cc1ccc(C(=O)N2CCC[C@H]([C@@H](C)N)C2)c(C)n1. The zero-order chi connectivity index (χ0) is 14.0. The summed E-state index contributed by atoms with van der Waals surface area (Å²) < 4.78 is 0. The standard InChI is InChI=1S/C15H23N3O/c1-10-6-7-14(12(3)17-10)15(19)18-8-4-5-13(9-18)11(2)16/h6-7,11,13H,4-5,8-9,16H2,1-3H3/t11-,13+/m1/s1. The second-order valence-electron chi connectivity index (χ2n) is 5.60. The fourth-order valence-electron chi connectivity index (χ4n) is 2.71. The third-order valence-corrected chi connectivity index (χ3v) is 3.94. The Balaban J connectivity index is 2.15. The molecular formula is C15H23N3O. The zero-order valence-corrected chi connectivity index (χ0v) is 12.0. The maximum atomic E-state index is 12.5. The molecule has 104 valence electrons. The molecule has 1 aliphatic rings.